The Hall–Kier alpha value is -0.880. The molecule has 1 unspecified atom stereocenters. The average molecular weight is 299 g/mol. The topological polar surface area (TPSA) is 55.2 Å². The Bertz CT molecular complexity index is 563. The van der Waals surface area contributed by atoms with E-state index in [-0.39, 0.29) is 0 Å². The summed E-state index contributed by atoms with van der Waals surface area (Å²) in [5.74, 6) is 1.45. The Morgan fingerprint density at radius 2 is 2.15 bits per heavy atom. The van der Waals surface area contributed by atoms with Crippen molar-refractivity contribution in [2.24, 2.45) is 5.92 Å². The van der Waals surface area contributed by atoms with Gasteiger partial charge in [0.2, 0.25) is 10.0 Å². The zero-order chi connectivity index (χ0) is 14.9. The van der Waals surface area contributed by atoms with Crippen LogP contribution in [0.15, 0.2) is 6.20 Å². The number of aromatic nitrogens is 2. The van der Waals surface area contributed by atoms with Gasteiger partial charge in [0.1, 0.15) is 5.82 Å². The number of hydrogen-bond acceptors (Lipinski definition) is 3. The molecule has 0 N–H and O–H groups in total. The Kier molecular flexibility index (Phi) is 4.54. The fourth-order valence-corrected chi connectivity index (χ4v) is 4.05. The average Bonchev–Trinajstić information content (AvgIpc) is 2.69. The van der Waals surface area contributed by atoms with Gasteiger partial charge in [0.25, 0.3) is 0 Å². The van der Waals surface area contributed by atoms with Gasteiger partial charge in [-0.25, -0.2) is 17.7 Å². The van der Waals surface area contributed by atoms with Gasteiger partial charge >= 0.3 is 0 Å². The molecule has 1 saturated heterocycles. The molecule has 0 amide bonds. The van der Waals surface area contributed by atoms with Crippen molar-refractivity contribution in [3.8, 4) is 0 Å². The van der Waals surface area contributed by atoms with Gasteiger partial charge in [0, 0.05) is 37.4 Å². The van der Waals surface area contributed by atoms with Crippen molar-refractivity contribution in [3.05, 3.63) is 17.7 Å². The molecule has 1 aromatic heterocycles. The molecule has 0 bridgehead atoms. The summed E-state index contributed by atoms with van der Waals surface area (Å²) in [5, 5.41) is 0. The van der Waals surface area contributed by atoms with Crippen LogP contribution < -0.4 is 0 Å². The first-order valence-electron chi connectivity index (χ1n) is 7.27. The molecule has 1 fully saturated rings. The summed E-state index contributed by atoms with van der Waals surface area (Å²) < 4.78 is 27.2. The summed E-state index contributed by atoms with van der Waals surface area (Å²) in [6.45, 7) is 7.67. The van der Waals surface area contributed by atoms with Gasteiger partial charge < -0.3 is 4.57 Å². The molecule has 0 radical (unpaired) electrons. The molecule has 0 spiro atoms. The molecule has 1 aliphatic heterocycles. The van der Waals surface area contributed by atoms with Gasteiger partial charge in [0.05, 0.1) is 6.26 Å². The number of nitrogens with zero attached hydrogens (tertiary/aromatic N) is 3. The van der Waals surface area contributed by atoms with Gasteiger partial charge in [-0.05, 0) is 39.5 Å². The van der Waals surface area contributed by atoms with Crippen LogP contribution in [-0.4, -0.2) is 41.6 Å². The lowest BCUT2D eigenvalue weighted by molar-refractivity contribution is 0.262. The molecule has 0 saturated carbocycles. The summed E-state index contributed by atoms with van der Waals surface area (Å²) in [7, 11) is -3.07. The zero-order valence-electron chi connectivity index (χ0n) is 12.8. The van der Waals surface area contributed by atoms with Crippen LogP contribution in [0.3, 0.4) is 0 Å². The van der Waals surface area contributed by atoms with Gasteiger partial charge in [-0.1, -0.05) is 0 Å². The van der Waals surface area contributed by atoms with Crippen LogP contribution in [0, 0.1) is 12.8 Å². The SMILES string of the molecule is Cc1cnc(CC2CCCN(S(C)(=O)=O)C2)n1C(C)C. The van der Waals surface area contributed by atoms with E-state index < -0.39 is 10.0 Å². The van der Waals surface area contributed by atoms with Crippen molar-refractivity contribution in [3.63, 3.8) is 0 Å². The second-order valence-corrected chi connectivity index (χ2v) is 8.10. The van der Waals surface area contributed by atoms with Gasteiger partial charge in [-0.2, -0.15) is 0 Å². The molecule has 5 nitrogen and oxygen atoms in total. The number of piperidine rings is 1. The molecule has 6 heteroatoms. The molecule has 1 atom stereocenters. The van der Waals surface area contributed by atoms with Crippen molar-refractivity contribution in [2.45, 2.75) is 46.1 Å². The molecular weight excluding hydrogens is 274 g/mol. The van der Waals surface area contributed by atoms with Crippen LogP contribution in [0.1, 0.15) is 44.2 Å². The van der Waals surface area contributed by atoms with E-state index in [9.17, 15) is 8.42 Å². The lowest BCUT2D eigenvalue weighted by Gasteiger charge is -2.31. The summed E-state index contributed by atoms with van der Waals surface area (Å²) in [6, 6.07) is 0.391. The highest BCUT2D eigenvalue weighted by Gasteiger charge is 2.27. The maximum absolute atomic E-state index is 11.7. The smallest absolute Gasteiger partial charge is 0.211 e. The second-order valence-electron chi connectivity index (χ2n) is 6.11. The molecule has 2 rings (SSSR count). The first-order chi connectivity index (χ1) is 9.29. The van der Waals surface area contributed by atoms with Crippen molar-refractivity contribution in [1.82, 2.24) is 13.9 Å². The predicted octanol–water partition coefficient (Wildman–Crippen LogP) is 1.99. The molecule has 1 aliphatic rings. The first-order valence-corrected chi connectivity index (χ1v) is 9.11. The highest BCUT2D eigenvalue weighted by molar-refractivity contribution is 7.88. The van der Waals surface area contributed by atoms with Gasteiger partial charge in [-0.15, -0.1) is 0 Å². The number of aryl methyl sites for hydroxylation is 1. The van der Waals surface area contributed by atoms with Crippen molar-refractivity contribution >= 4 is 10.0 Å². The largest absolute Gasteiger partial charge is 0.330 e. The minimum Gasteiger partial charge on any atom is -0.330 e. The zero-order valence-corrected chi connectivity index (χ0v) is 13.7. The highest BCUT2D eigenvalue weighted by Crippen LogP contribution is 2.23. The van der Waals surface area contributed by atoms with Crippen LogP contribution in [0.5, 0.6) is 0 Å². The van der Waals surface area contributed by atoms with Crippen molar-refractivity contribution in [1.29, 1.82) is 0 Å². The van der Waals surface area contributed by atoms with Crippen LogP contribution in [0.2, 0.25) is 0 Å². The van der Waals surface area contributed by atoms with E-state index in [4.69, 9.17) is 0 Å². The standard InChI is InChI=1S/C14H25N3O2S/c1-11(2)17-12(3)9-15-14(17)8-13-6-5-7-16(10-13)20(4,18)19/h9,11,13H,5-8,10H2,1-4H3. The van der Waals surface area contributed by atoms with Gasteiger partial charge in [-0.3, -0.25) is 0 Å². The Morgan fingerprint density at radius 3 is 2.75 bits per heavy atom. The van der Waals surface area contributed by atoms with E-state index in [2.05, 4.69) is 30.3 Å². The molecule has 0 aliphatic carbocycles. The number of imidazole rings is 1. The molecule has 0 aromatic carbocycles. The molecule has 1 aromatic rings. The molecule has 114 valence electrons. The van der Waals surface area contributed by atoms with Crippen molar-refractivity contribution < 1.29 is 8.42 Å². The third-order valence-corrected chi connectivity index (χ3v) is 5.27. The van der Waals surface area contributed by atoms with E-state index in [0.717, 1.165) is 25.1 Å². The maximum Gasteiger partial charge on any atom is 0.211 e. The van der Waals surface area contributed by atoms with E-state index >= 15 is 0 Å². The fraction of sp³-hybridized carbons (Fsp3) is 0.786. The molecule has 20 heavy (non-hydrogen) atoms. The van der Waals surface area contributed by atoms with E-state index in [1.54, 1.807) is 4.31 Å². The van der Waals surface area contributed by atoms with Crippen LogP contribution in [0.4, 0.5) is 0 Å². The summed E-state index contributed by atoms with van der Waals surface area (Å²) in [6.07, 6.45) is 6.09. The molecular formula is C14H25N3O2S. The normalized spacial score (nSPS) is 21.6. The summed E-state index contributed by atoms with van der Waals surface area (Å²) >= 11 is 0. The Balaban J connectivity index is 2.11. The van der Waals surface area contributed by atoms with Crippen LogP contribution in [-0.2, 0) is 16.4 Å². The van der Waals surface area contributed by atoms with Crippen LogP contribution >= 0.6 is 0 Å². The third-order valence-electron chi connectivity index (χ3n) is 4.00. The van der Waals surface area contributed by atoms with Crippen molar-refractivity contribution in [2.75, 3.05) is 19.3 Å². The number of hydrogen-bond donors (Lipinski definition) is 0. The Morgan fingerprint density at radius 1 is 1.45 bits per heavy atom. The lowest BCUT2D eigenvalue weighted by Crippen LogP contribution is -2.40. The quantitative estimate of drug-likeness (QED) is 0.854. The van der Waals surface area contributed by atoms with E-state index in [0.29, 0.717) is 25.0 Å². The number of rotatable bonds is 4. The second kappa shape index (κ2) is 5.85. The summed E-state index contributed by atoms with van der Waals surface area (Å²) in [5.41, 5.74) is 1.17. The fourth-order valence-electron chi connectivity index (χ4n) is 3.11. The minimum atomic E-state index is -3.07. The Labute approximate surface area is 122 Å². The summed E-state index contributed by atoms with van der Waals surface area (Å²) in [4.78, 5) is 4.51. The van der Waals surface area contributed by atoms with E-state index in [1.165, 1.54) is 11.9 Å². The number of sulfonamides is 1. The third kappa shape index (κ3) is 3.41. The van der Waals surface area contributed by atoms with E-state index in [1.807, 2.05) is 6.20 Å². The highest BCUT2D eigenvalue weighted by atomic mass is 32.2. The lowest BCUT2D eigenvalue weighted by atomic mass is 9.96. The minimum absolute atomic E-state index is 0.373. The predicted molar refractivity (Wildman–Crippen MR) is 80.2 cm³/mol. The van der Waals surface area contributed by atoms with Gasteiger partial charge in [0.15, 0.2) is 0 Å². The van der Waals surface area contributed by atoms with Crippen LogP contribution in [0.25, 0.3) is 0 Å². The maximum atomic E-state index is 11.7. The molecule has 2 heterocycles. The first kappa shape index (κ1) is 15.5. The monoisotopic (exact) mass is 299 g/mol.